The van der Waals surface area contributed by atoms with E-state index in [2.05, 4.69) is 0 Å². The predicted molar refractivity (Wildman–Crippen MR) is 64.3 cm³/mol. The lowest BCUT2D eigenvalue weighted by atomic mass is 9.93. The largest absolute Gasteiger partial charge is 0.385 e. The molecule has 3 heteroatoms. The van der Waals surface area contributed by atoms with E-state index >= 15 is 0 Å². The van der Waals surface area contributed by atoms with Gasteiger partial charge in [-0.05, 0) is 44.2 Å². The zero-order valence-electron chi connectivity index (χ0n) is 9.91. The van der Waals surface area contributed by atoms with Crippen LogP contribution in [0.3, 0.4) is 0 Å². The minimum absolute atomic E-state index is 0.468. The molecule has 0 aliphatic rings. The molecule has 0 spiro atoms. The van der Waals surface area contributed by atoms with Crippen LogP contribution in [0.15, 0.2) is 11.4 Å². The summed E-state index contributed by atoms with van der Waals surface area (Å²) in [5.41, 5.74) is 0.677. The second kappa shape index (κ2) is 5.10. The van der Waals surface area contributed by atoms with Gasteiger partial charge in [-0.15, -0.1) is 11.3 Å². The van der Waals surface area contributed by atoms with E-state index in [-0.39, 0.29) is 0 Å². The summed E-state index contributed by atoms with van der Waals surface area (Å²) in [4.78, 5) is 1.02. The van der Waals surface area contributed by atoms with E-state index in [9.17, 15) is 5.11 Å². The molecule has 0 aromatic carbocycles. The van der Waals surface area contributed by atoms with E-state index in [1.54, 1.807) is 11.3 Å². The zero-order valence-corrected chi connectivity index (χ0v) is 10.7. The summed E-state index contributed by atoms with van der Waals surface area (Å²) in [7, 11) is 0. The molecule has 0 aliphatic heterocycles. The Morgan fingerprint density at radius 1 is 1.53 bits per heavy atom. The maximum absolute atomic E-state index is 10.3. The molecule has 1 heterocycles. The molecule has 1 rings (SSSR count). The molecule has 1 aromatic heterocycles. The van der Waals surface area contributed by atoms with E-state index in [1.165, 1.54) is 0 Å². The number of ether oxygens (including phenoxy) is 1. The van der Waals surface area contributed by atoms with Crippen LogP contribution in [0, 0.1) is 6.92 Å². The van der Waals surface area contributed by atoms with Gasteiger partial charge >= 0.3 is 0 Å². The molecule has 2 nitrogen and oxygen atoms in total. The highest BCUT2D eigenvalue weighted by Gasteiger charge is 2.34. The van der Waals surface area contributed by atoms with Gasteiger partial charge < -0.3 is 9.84 Å². The molecule has 0 radical (unpaired) electrons. The van der Waals surface area contributed by atoms with Gasteiger partial charge in [-0.25, -0.2) is 0 Å². The number of hydrogen-bond acceptors (Lipinski definition) is 3. The molecule has 0 bridgehead atoms. The van der Waals surface area contributed by atoms with E-state index in [0.29, 0.717) is 6.61 Å². The second-order valence-electron chi connectivity index (χ2n) is 3.97. The van der Waals surface area contributed by atoms with Crippen LogP contribution in [0.25, 0.3) is 0 Å². The first-order chi connectivity index (χ1) is 7.05. The van der Waals surface area contributed by atoms with Crippen molar-refractivity contribution in [2.45, 2.75) is 45.8 Å². The van der Waals surface area contributed by atoms with Crippen LogP contribution < -0.4 is 0 Å². The van der Waals surface area contributed by atoms with Gasteiger partial charge in [0.1, 0.15) is 6.10 Å². The lowest BCUT2D eigenvalue weighted by molar-refractivity contribution is -0.112. The minimum atomic E-state index is -0.526. The van der Waals surface area contributed by atoms with Gasteiger partial charge in [0.15, 0.2) is 0 Å². The van der Waals surface area contributed by atoms with Crippen molar-refractivity contribution in [3.63, 3.8) is 0 Å². The van der Waals surface area contributed by atoms with Gasteiger partial charge in [0.2, 0.25) is 0 Å². The fourth-order valence-corrected chi connectivity index (χ4v) is 2.70. The molecule has 0 fully saturated rings. The Balaban J connectivity index is 2.91. The molecular weight excluding hydrogens is 208 g/mol. The predicted octanol–water partition coefficient (Wildman–Crippen LogP) is 3.30. The molecule has 2 unspecified atom stereocenters. The molecule has 0 aliphatic carbocycles. The van der Waals surface area contributed by atoms with Gasteiger partial charge in [-0.1, -0.05) is 6.92 Å². The number of aliphatic hydroxyl groups is 1. The summed E-state index contributed by atoms with van der Waals surface area (Å²) in [5.74, 6) is 0. The molecule has 15 heavy (non-hydrogen) atoms. The van der Waals surface area contributed by atoms with Crippen molar-refractivity contribution in [2.24, 2.45) is 0 Å². The van der Waals surface area contributed by atoms with Crippen molar-refractivity contribution in [1.29, 1.82) is 0 Å². The van der Waals surface area contributed by atoms with Crippen LogP contribution >= 0.6 is 11.3 Å². The summed E-state index contributed by atoms with van der Waals surface area (Å²) in [6.45, 7) is 8.63. The molecule has 0 saturated heterocycles. The SMILES string of the molecule is CCOC(C)(CC)C(O)c1sccc1C. The molecular formula is C12H20O2S. The monoisotopic (exact) mass is 228 g/mol. The highest BCUT2D eigenvalue weighted by molar-refractivity contribution is 7.10. The Morgan fingerprint density at radius 3 is 2.60 bits per heavy atom. The van der Waals surface area contributed by atoms with Crippen molar-refractivity contribution in [1.82, 2.24) is 0 Å². The van der Waals surface area contributed by atoms with Crippen LogP contribution in [-0.4, -0.2) is 17.3 Å². The third kappa shape index (κ3) is 2.60. The van der Waals surface area contributed by atoms with Crippen molar-refractivity contribution < 1.29 is 9.84 Å². The number of rotatable bonds is 5. The average molecular weight is 228 g/mol. The van der Waals surface area contributed by atoms with E-state index in [4.69, 9.17) is 4.74 Å². The van der Waals surface area contributed by atoms with Gasteiger partial charge in [-0.3, -0.25) is 0 Å². The quantitative estimate of drug-likeness (QED) is 0.838. The van der Waals surface area contributed by atoms with Crippen LogP contribution in [-0.2, 0) is 4.74 Å². The van der Waals surface area contributed by atoms with E-state index in [0.717, 1.165) is 16.9 Å². The summed E-state index contributed by atoms with van der Waals surface area (Å²) in [6, 6.07) is 2.03. The highest BCUT2D eigenvalue weighted by Crippen LogP contribution is 2.36. The lowest BCUT2D eigenvalue weighted by Crippen LogP contribution is -2.35. The summed E-state index contributed by atoms with van der Waals surface area (Å²) in [5, 5.41) is 12.3. The summed E-state index contributed by atoms with van der Waals surface area (Å²) >= 11 is 1.60. The standard InChI is InChI=1S/C12H20O2S/c1-5-12(4,14-6-2)11(13)10-9(3)7-8-15-10/h7-8,11,13H,5-6H2,1-4H3. The molecule has 86 valence electrons. The molecule has 0 saturated carbocycles. The smallest absolute Gasteiger partial charge is 0.117 e. The topological polar surface area (TPSA) is 29.5 Å². The fraction of sp³-hybridized carbons (Fsp3) is 0.667. The average Bonchev–Trinajstić information content (AvgIpc) is 2.63. The van der Waals surface area contributed by atoms with Crippen LogP contribution in [0.5, 0.6) is 0 Å². The Bertz CT molecular complexity index is 308. The fourth-order valence-electron chi connectivity index (χ4n) is 1.65. The number of hydrogen-bond donors (Lipinski definition) is 1. The first kappa shape index (κ1) is 12.7. The van der Waals surface area contributed by atoms with Gasteiger partial charge in [0.25, 0.3) is 0 Å². The molecule has 1 N–H and O–H groups in total. The van der Waals surface area contributed by atoms with Gasteiger partial charge in [0, 0.05) is 11.5 Å². The molecule has 2 atom stereocenters. The number of thiophene rings is 1. The van der Waals surface area contributed by atoms with Crippen LogP contribution in [0.1, 0.15) is 43.7 Å². The van der Waals surface area contributed by atoms with Crippen molar-refractivity contribution in [3.05, 3.63) is 21.9 Å². The van der Waals surface area contributed by atoms with Crippen molar-refractivity contribution in [2.75, 3.05) is 6.61 Å². The zero-order chi connectivity index (χ0) is 11.5. The Labute approximate surface area is 95.9 Å². The second-order valence-corrected chi connectivity index (χ2v) is 4.92. The van der Waals surface area contributed by atoms with Crippen LogP contribution in [0.2, 0.25) is 0 Å². The molecule has 1 aromatic rings. The van der Waals surface area contributed by atoms with Crippen LogP contribution in [0.4, 0.5) is 0 Å². The van der Waals surface area contributed by atoms with E-state index in [1.807, 2.05) is 39.1 Å². The first-order valence-electron chi connectivity index (χ1n) is 5.41. The molecule has 0 amide bonds. The Kier molecular flexibility index (Phi) is 4.32. The number of aliphatic hydroxyl groups excluding tert-OH is 1. The lowest BCUT2D eigenvalue weighted by Gasteiger charge is -2.33. The normalized spacial score (nSPS) is 17.4. The van der Waals surface area contributed by atoms with Crippen molar-refractivity contribution in [3.8, 4) is 0 Å². The Hall–Kier alpha value is -0.380. The maximum Gasteiger partial charge on any atom is 0.117 e. The maximum atomic E-state index is 10.3. The van der Waals surface area contributed by atoms with Gasteiger partial charge in [0.05, 0.1) is 5.60 Å². The summed E-state index contributed by atoms with van der Waals surface area (Å²) in [6.07, 6.45) is 0.279. The summed E-state index contributed by atoms with van der Waals surface area (Å²) < 4.78 is 5.68. The number of aryl methyl sites for hydroxylation is 1. The van der Waals surface area contributed by atoms with E-state index < -0.39 is 11.7 Å². The van der Waals surface area contributed by atoms with Gasteiger partial charge in [-0.2, -0.15) is 0 Å². The third-order valence-electron chi connectivity index (χ3n) is 2.90. The third-order valence-corrected chi connectivity index (χ3v) is 3.98. The Morgan fingerprint density at radius 2 is 2.20 bits per heavy atom. The first-order valence-corrected chi connectivity index (χ1v) is 6.29. The minimum Gasteiger partial charge on any atom is -0.385 e. The van der Waals surface area contributed by atoms with Crippen molar-refractivity contribution >= 4 is 11.3 Å². The highest BCUT2D eigenvalue weighted by atomic mass is 32.1.